The van der Waals surface area contributed by atoms with Crippen LogP contribution in [-0.4, -0.2) is 29.6 Å². The summed E-state index contributed by atoms with van der Waals surface area (Å²) in [6.07, 6.45) is 3.71. The maximum Gasteiger partial charge on any atom is 0.119 e. The van der Waals surface area contributed by atoms with Gasteiger partial charge in [0.2, 0.25) is 0 Å². The molecular formula is C20H26ClNO. The number of aromatic hydroxyl groups is 1. The van der Waals surface area contributed by atoms with E-state index < -0.39 is 0 Å². The van der Waals surface area contributed by atoms with Crippen LogP contribution < -0.4 is 0 Å². The minimum Gasteiger partial charge on any atom is -0.508 e. The van der Waals surface area contributed by atoms with E-state index >= 15 is 0 Å². The molecule has 1 aliphatic heterocycles. The van der Waals surface area contributed by atoms with Gasteiger partial charge in [0.25, 0.3) is 0 Å². The van der Waals surface area contributed by atoms with E-state index in [1.54, 1.807) is 0 Å². The topological polar surface area (TPSA) is 23.5 Å². The van der Waals surface area contributed by atoms with Crippen molar-refractivity contribution < 1.29 is 5.11 Å². The lowest BCUT2D eigenvalue weighted by Crippen LogP contribution is -2.22. The average Bonchev–Trinajstić information content (AvgIpc) is 3.05. The van der Waals surface area contributed by atoms with Crippen LogP contribution in [0.25, 0.3) is 0 Å². The number of rotatable bonds is 5. The summed E-state index contributed by atoms with van der Waals surface area (Å²) in [7, 11) is 0. The van der Waals surface area contributed by atoms with Crippen molar-refractivity contribution in [3.05, 3.63) is 65.2 Å². The lowest BCUT2D eigenvalue weighted by atomic mass is 9.87. The summed E-state index contributed by atoms with van der Waals surface area (Å²) in [5, 5.41) is 10.3. The molecule has 2 nitrogen and oxygen atoms in total. The van der Waals surface area contributed by atoms with Crippen LogP contribution in [0.2, 0.25) is 0 Å². The number of benzene rings is 2. The molecule has 0 saturated carbocycles. The second kappa shape index (κ2) is 8.37. The Morgan fingerprint density at radius 3 is 2.43 bits per heavy atom. The SMILES string of the molecule is Cc1ccc(O)c(C(CCN2CCCC2)c2ccccc2)c1.Cl. The molecule has 3 rings (SSSR count). The van der Waals surface area contributed by atoms with Gasteiger partial charge >= 0.3 is 0 Å². The van der Waals surface area contributed by atoms with Gasteiger partial charge in [0.05, 0.1) is 0 Å². The van der Waals surface area contributed by atoms with Gasteiger partial charge in [0, 0.05) is 11.5 Å². The number of aryl methyl sites for hydroxylation is 1. The molecule has 0 aliphatic carbocycles. The van der Waals surface area contributed by atoms with Crippen molar-refractivity contribution in [2.45, 2.75) is 32.1 Å². The van der Waals surface area contributed by atoms with E-state index in [-0.39, 0.29) is 18.3 Å². The van der Waals surface area contributed by atoms with Crippen molar-refractivity contribution in [2.24, 2.45) is 0 Å². The first-order valence-electron chi connectivity index (χ1n) is 8.31. The quantitative estimate of drug-likeness (QED) is 0.855. The fourth-order valence-corrected chi connectivity index (χ4v) is 3.46. The largest absolute Gasteiger partial charge is 0.508 e. The Labute approximate surface area is 145 Å². The van der Waals surface area contributed by atoms with Gasteiger partial charge < -0.3 is 10.0 Å². The molecule has 0 spiro atoms. The van der Waals surface area contributed by atoms with Crippen molar-refractivity contribution in [1.82, 2.24) is 4.90 Å². The van der Waals surface area contributed by atoms with Gasteiger partial charge in [0.1, 0.15) is 5.75 Å². The van der Waals surface area contributed by atoms with Crippen molar-refractivity contribution in [3.63, 3.8) is 0 Å². The molecule has 124 valence electrons. The Morgan fingerprint density at radius 2 is 1.74 bits per heavy atom. The van der Waals surface area contributed by atoms with E-state index in [0.717, 1.165) is 18.5 Å². The molecule has 1 atom stereocenters. The van der Waals surface area contributed by atoms with Gasteiger partial charge in [-0.3, -0.25) is 0 Å². The normalized spacial score (nSPS) is 16.0. The summed E-state index contributed by atoms with van der Waals surface area (Å²) in [5.74, 6) is 0.683. The molecule has 23 heavy (non-hydrogen) atoms. The van der Waals surface area contributed by atoms with E-state index in [0.29, 0.717) is 5.75 Å². The third-order valence-corrected chi connectivity index (χ3v) is 4.69. The highest BCUT2D eigenvalue weighted by Gasteiger charge is 2.20. The third kappa shape index (κ3) is 4.49. The molecular weight excluding hydrogens is 306 g/mol. The number of nitrogens with zero attached hydrogens (tertiary/aromatic N) is 1. The zero-order valence-electron chi connectivity index (χ0n) is 13.7. The fraction of sp³-hybridized carbons (Fsp3) is 0.400. The van der Waals surface area contributed by atoms with Gasteiger partial charge in [0.15, 0.2) is 0 Å². The van der Waals surface area contributed by atoms with Crippen LogP contribution in [-0.2, 0) is 0 Å². The van der Waals surface area contributed by atoms with Crippen LogP contribution in [0.1, 0.15) is 41.9 Å². The molecule has 1 N–H and O–H groups in total. The van der Waals surface area contributed by atoms with E-state index in [2.05, 4.69) is 48.2 Å². The highest BCUT2D eigenvalue weighted by molar-refractivity contribution is 5.85. The molecule has 1 fully saturated rings. The zero-order valence-corrected chi connectivity index (χ0v) is 14.6. The van der Waals surface area contributed by atoms with Gasteiger partial charge in [-0.2, -0.15) is 0 Å². The molecule has 3 heteroatoms. The second-order valence-corrected chi connectivity index (χ2v) is 6.36. The predicted octanol–water partition coefficient (Wildman–Crippen LogP) is 4.74. The summed E-state index contributed by atoms with van der Waals surface area (Å²) >= 11 is 0. The number of phenols is 1. The van der Waals surface area contributed by atoms with E-state index in [4.69, 9.17) is 0 Å². The third-order valence-electron chi connectivity index (χ3n) is 4.69. The smallest absolute Gasteiger partial charge is 0.119 e. The highest BCUT2D eigenvalue weighted by Crippen LogP contribution is 2.34. The Bertz CT molecular complexity index is 608. The second-order valence-electron chi connectivity index (χ2n) is 6.36. The van der Waals surface area contributed by atoms with Gasteiger partial charge in [-0.1, -0.05) is 48.0 Å². The van der Waals surface area contributed by atoms with Gasteiger partial charge in [-0.25, -0.2) is 0 Å². The lowest BCUT2D eigenvalue weighted by Gasteiger charge is -2.23. The first-order chi connectivity index (χ1) is 10.7. The van der Waals surface area contributed by atoms with Crippen LogP contribution in [0.15, 0.2) is 48.5 Å². The van der Waals surface area contributed by atoms with Crippen molar-refractivity contribution in [1.29, 1.82) is 0 Å². The molecule has 0 bridgehead atoms. The first kappa shape index (κ1) is 17.8. The number of likely N-dealkylation sites (tertiary alicyclic amines) is 1. The molecule has 1 unspecified atom stereocenters. The maximum absolute atomic E-state index is 10.3. The summed E-state index contributed by atoms with van der Waals surface area (Å²) < 4.78 is 0. The Morgan fingerprint density at radius 1 is 1.04 bits per heavy atom. The zero-order chi connectivity index (χ0) is 15.4. The summed E-state index contributed by atoms with van der Waals surface area (Å²) in [4.78, 5) is 2.54. The van der Waals surface area contributed by atoms with Crippen molar-refractivity contribution in [2.75, 3.05) is 19.6 Å². The Kier molecular flexibility index (Phi) is 6.49. The van der Waals surface area contributed by atoms with Crippen molar-refractivity contribution in [3.8, 4) is 5.75 Å². The van der Waals surface area contributed by atoms with Crippen LogP contribution in [0.3, 0.4) is 0 Å². The molecule has 0 radical (unpaired) electrons. The molecule has 1 saturated heterocycles. The molecule has 0 amide bonds. The summed E-state index contributed by atoms with van der Waals surface area (Å²) in [5.41, 5.74) is 3.56. The molecule has 2 aromatic carbocycles. The minimum absolute atomic E-state index is 0. The Hall–Kier alpha value is -1.51. The highest BCUT2D eigenvalue weighted by atomic mass is 35.5. The predicted molar refractivity (Wildman–Crippen MR) is 98.7 cm³/mol. The van der Waals surface area contributed by atoms with Crippen LogP contribution in [0.5, 0.6) is 5.75 Å². The fourth-order valence-electron chi connectivity index (χ4n) is 3.46. The number of hydrogen-bond acceptors (Lipinski definition) is 2. The standard InChI is InChI=1S/C20H25NO.ClH/c1-16-9-10-20(22)19(15-16)18(17-7-3-2-4-8-17)11-14-21-12-5-6-13-21;/h2-4,7-10,15,18,22H,5-6,11-14H2,1H3;1H. The van der Waals surface area contributed by atoms with Crippen LogP contribution >= 0.6 is 12.4 Å². The molecule has 2 aromatic rings. The average molecular weight is 332 g/mol. The maximum atomic E-state index is 10.3. The Balaban J connectivity index is 0.00000192. The first-order valence-corrected chi connectivity index (χ1v) is 8.31. The number of phenolic OH excluding ortho intramolecular Hbond substituents is 1. The summed E-state index contributed by atoms with van der Waals surface area (Å²) in [6, 6.07) is 16.5. The molecule has 1 aliphatic rings. The monoisotopic (exact) mass is 331 g/mol. The number of halogens is 1. The van der Waals surface area contributed by atoms with Crippen LogP contribution in [0, 0.1) is 6.92 Å². The van der Waals surface area contributed by atoms with E-state index in [1.807, 2.05) is 12.1 Å². The van der Waals surface area contributed by atoms with E-state index in [1.165, 1.54) is 37.1 Å². The van der Waals surface area contributed by atoms with Gasteiger partial charge in [-0.05, 0) is 57.5 Å². The minimum atomic E-state index is 0. The van der Waals surface area contributed by atoms with Crippen LogP contribution in [0.4, 0.5) is 0 Å². The van der Waals surface area contributed by atoms with E-state index in [9.17, 15) is 5.11 Å². The lowest BCUT2D eigenvalue weighted by molar-refractivity contribution is 0.326. The van der Waals surface area contributed by atoms with Gasteiger partial charge in [-0.15, -0.1) is 12.4 Å². The molecule has 0 aromatic heterocycles. The van der Waals surface area contributed by atoms with Crippen molar-refractivity contribution >= 4 is 12.4 Å². The molecule has 1 heterocycles. The summed E-state index contributed by atoms with van der Waals surface area (Å²) in [6.45, 7) is 5.64. The number of hydrogen-bond donors (Lipinski definition) is 1.